The minimum absolute atomic E-state index is 0. The van der Waals surface area contributed by atoms with Gasteiger partial charge in [0, 0.05) is 13.0 Å². The van der Waals surface area contributed by atoms with Crippen molar-refractivity contribution in [2.45, 2.75) is 13.8 Å². The van der Waals surface area contributed by atoms with Crippen LogP contribution in [0.15, 0.2) is 0 Å². The Morgan fingerprint density at radius 3 is 2.00 bits per heavy atom. The molecule has 0 heterocycles. The van der Waals surface area contributed by atoms with E-state index in [9.17, 15) is 4.79 Å². The summed E-state index contributed by atoms with van der Waals surface area (Å²) >= 11 is 0. The average Bonchev–Trinajstić information content (AvgIpc) is 1.65. The first-order valence-electron chi connectivity index (χ1n) is 2.40. The van der Waals surface area contributed by atoms with Gasteiger partial charge in [-0.05, 0) is 0 Å². The number of hydrogen-bond acceptors (Lipinski definition) is 1. The molecule has 0 rings (SSSR count). The van der Waals surface area contributed by atoms with Gasteiger partial charge in [0.15, 0.2) is 0 Å². The number of nitrogens with one attached hydrogen (secondary N) is 1. The van der Waals surface area contributed by atoms with E-state index in [0.29, 0.717) is 0 Å². The minimum Gasteiger partial charge on any atom is -1.00 e. The average molecular weight is 125 g/mol. The van der Waals surface area contributed by atoms with Crippen molar-refractivity contribution in [1.29, 1.82) is 0 Å². The molecule has 0 aromatic heterocycles. The van der Waals surface area contributed by atoms with E-state index in [1.165, 1.54) is 0 Å². The van der Waals surface area contributed by atoms with E-state index in [2.05, 4.69) is 5.32 Å². The largest absolute Gasteiger partial charge is 1.00 e. The van der Waals surface area contributed by atoms with Crippen LogP contribution in [0.1, 0.15) is 15.3 Å². The maximum atomic E-state index is 10.4. The van der Waals surface area contributed by atoms with Gasteiger partial charge in [0.2, 0.25) is 5.91 Å². The maximum absolute atomic E-state index is 10.4. The van der Waals surface area contributed by atoms with Crippen LogP contribution in [0.4, 0.5) is 0 Å². The molecule has 0 fully saturated rings. The monoisotopic (exact) mass is 125 g/mol. The Bertz CT molecular complexity index is 77.4. The zero-order valence-corrected chi connectivity index (χ0v) is 7.99. The summed E-state index contributed by atoms with van der Waals surface area (Å²) in [6.07, 6.45) is 0. The second kappa shape index (κ2) is 5.60. The Labute approximate surface area is 73.8 Å². The minimum atomic E-state index is 0. The molecule has 0 aromatic rings. The molecular weight excluding hydrogens is 113 g/mol. The van der Waals surface area contributed by atoms with E-state index in [4.69, 9.17) is 0 Å². The Hall–Kier alpha value is 0.470. The molecule has 1 amide bonds. The quantitative estimate of drug-likeness (QED) is 0.386. The van der Waals surface area contributed by atoms with E-state index in [1.54, 1.807) is 7.05 Å². The number of amides is 1. The van der Waals surface area contributed by atoms with E-state index < -0.39 is 0 Å². The number of rotatable bonds is 1. The van der Waals surface area contributed by atoms with Crippen molar-refractivity contribution in [2.75, 3.05) is 7.05 Å². The van der Waals surface area contributed by atoms with Gasteiger partial charge in [-0.2, -0.15) is 0 Å². The molecule has 8 heavy (non-hydrogen) atoms. The summed E-state index contributed by atoms with van der Waals surface area (Å²) in [4.78, 5) is 10.4. The van der Waals surface area contributed by atoms with E-state index in [0.717, 1.165) is 0 Å². The van der Waals surface area contributed by atoms with Gasteiger partial charge in [0.25, 0.3) is 0 Å². The number of hydrogen-bond donors (Lipinski definition) is 1. The molecule has 0 atom stereocenters. The number of carbonyl (C=O) groups excluding carboxylic acids is 1. The molecule has 0 saturated carbocycles. The van der Waals surface area contributed by atoms with Crippen molar-refractivity contribution in [3.63, 3.8) is 0 Å². The third kappa shape index (κ3) is 4.62. The van der Waals surface area contributed by atoms with Gasteiger partial charge in [-0.1, -0.05) is 13.8 Å². The predicted molar refractivity (Wildman–Crippen MR) is 30.0 cm³/mol. The van der Waals surface area contributed by atoms with Crippen molar-refractivity contribution in [3.05, 3.63) is 0 Å². The first-order valence-corrected chi connectivity index (χ1v) is 2.40. The second-order valence-corrected chi connectivity index (χ2v) is 1.77. The first kappa shape index (κ1) is 11.3. The van der Waals surface area contributed by atoms with Crippen molar-refractivity contribution in [3.8, 4) is 0 Å². The fourth-order valence-corrected chi connectivity index (χ4v) is 0.289. The fraction of sp³-hybridized carbons (Fsp3) is 0.800. The van der Waals surface area contributed by atoms with Crippen LogP contribution in [0.5, 0.6) is 0 Å². The Morgan fingerprint density at radius 1 is 1.62 bits per heavy atom. The SMILES string of the molecule is CNC(=O)C(C)C.[H-].[Na+]. The van der Waals surface area contributed by atoms with Gasteiger partial charge >= 0.3 is 29.6 Å². The van der Waals surface area contributed by atoms with Crippen LogP contribution in [-0.4, -0.2) is 13.0 Å². The third-order valence-electron chi connectivity index (χ3n) is 0.771. The van der Waals surface area contributed by atoms with Gasteiger partial charge in [0.05, 0.1) is 0 Å². The molecule has 0 aliphatic heterocycles. The number of carbonyl (C=O) groups is 1. The Balaban J connectivity index is -0.000000180. The van der Waals surface area contributed by atoms with Crippen LogP contribution in [0.3, 0.4) is 0 Å². The normalized spacial score (nSPS) is 8.00. The molecular formula is C5H12NNaO. The zero-order valence-electron chi connectivity index (χ0n) is 6.99. The van der Waals surface area contributed by atoms with Crippen molar-refractivity contribution < 1.29 is 35.8 Å². The molecule has 0 unspecified atom stereocenters. The van der Waals surface area contributed by atoms with Crippen LogP contribution in [0, 0.1) is 5.92 Å². The predicted octanol–water partition coefficient (Wildman–Crippen LogP) is -2.50. The topological polar surface area (TPSA) is 29.1 Å². The first-order chi connectivity index (χ1) is 3.18. The fourth-order valence-electron chi connectivity index (χ4n) is 0.289. The summed E-state index contributed by atoms with van der Waals surface area (Å²) in [7, 11) is 1.64. The molecule has 1 N–H and O–H groups in total. The summed E-state index contributed by atoms with van der Waals surface area (Å²) in [6.45, 7) is 3.72. The molecule has 3 heteroatoms. The van der Waals surface area contributed by atoms with Crippen molar-refractivity contribution in [2.24, 2.45) is 5.92 Å². The molecule has 2 nitrogen and oxygen atoms in total. The van der Waals surface area contributed by atoms with Gasteiger partial charge in [0.1, 0.15) is 0 Å². The van der Waals surface area contributed by atoms with Crippen LogP contribution < -0.4 is 34.9 Å². The Kier molecular flexibility index (Phi) is 7.91. The van der Waals surface area contributed by atoms with Gasteiger partial charge in [-0.25, -0.2) is 0 Å². The van der Waals surface area contributed by atoms with Crippen LogP contribution >= 0.6 is 0 Å². The molecule has 0 aliphatic rings. The van der Waals surface area contributed by atoms with E-state index in [1.807, 2.05) is 13.8 Å². The molecule has 44 valence electrons. The summed E-state index contributed by atoms with van der Waals surface area (Å²) in [5, 5.41) is 2.53. The third-order valence-corrected chi connectivity index (χ3v) is 0.771. The molecule has 0 spiro atoms. The van der Waals surface area contributed by atoms with Crippen LogP contribution in [-0.2, 0) is 4.79 Å². The van der Waals surface area contributed by atoms with E-state index >= 15 is 0 Å². The zero-order chi connectivity index (χ0) is 5.86. The van der Waals surface area contributed by atoms with Gasteiger partial charge in [-0.3, -0.25) is 4.79 Å². The molecule has 0 bridgehead atoms. The van der Waals surface area contributed by atoms with Crippen LogP contribution in [0.2, 0.25) is 0 Å². The summed E-state index contributed by atoms with van der Waals surface area (Å²) in [6, 6.07) is 0. The summed E-state index contributed by atoms with van der Waals surface area (Å²) in [5.41, 5.74) is 0. The van der Waals surface area contributed by atoms with Gasteiger partial charge in [-0.15, -0.1) is 0 Å². The second-order valence-electron chi connectivity index (χ2n) is 1.77. The van der Waals surface area contributed by atoms with Crippen molar-refractivity contribution >= 4 is 5.91 Å². The standard InChI is InChI=1S/C5H11NO.Na.H/c1-4(2)5(7)6-3;;/h4H,1-3H3,(H,6,7);;/q;+1;-1. The maximum Gasteiger partial charge on any atom is 1.00 e. The molecule has 0 saturated heterocycles. The molecule has 0 aromatic carbocycles. The van der Waals surface area contributed by atoms with Crippen molar-refractivity contribution in [1.82, 2.24) is 5.32 Å². The van der Waals surface area contributed by atoms with Gasteiger partial charge < -0.3 is 6.74 Å². The molecule has 0 aliphatic carbocycles. The summed E-state index contributed by atoms with van der Waals surface area (Å²) in [5.74, 6) is 0.213. The summed E-state index contributed by atoms with van der Waals surface area (Å²) < 4.78 is 0. The van der Waals surface area contributed by atoms with Crippen LogP contribution in [0.25, 0.3) is 0 Å². The molecule has 0 radical (unpaired) electrons. The van der Waals surface area contributed by atoms with E-state index in [-0.39, 0.29) is 42.8 Å². The Morgan fingerprint density at radius 2 is 2.00 bits per heavy atom. The smallest absolute Gasteiger partial charge is 1.00 e.